The zero-order valence-corrected chi connectivity index (χ0v) is 11.6. The summed E-state index contributed by atoms with van der Waals surface area (Å²) in [5, 5.41) is 1.97. The molecule has 0 aliphatic rings. The van der Waals surface area contributed by atoms with Crippen molar-refractivity contribution in [3.05, 3.63) is 59.9 Å². The monoisotopic (exact) mass is 264 g/mol. The van der Waals surface area contributed by atoms with Crippen molar-refractivity contribution in [1.82, 2.24) is 4.98 Å². The molecule has 3 aromatic rings. The Kier molecular flexibility index (Phi) is 3.03. The number of ether oxygens (including phenoxy) is 1. The highest BCUT2D eigenvalue weighted by atomic mass is 16.5. The Morgan fingerprint density at radius 2 is 1.75 bits per heavy atom. The Bertz CT molecular complexity index is 761. The van der Waals surface area contributed by atoms with Gasteiger partial charge in [0.25, 0.3) is 0 Å². The Morgan fingerprint density at radius 3 is 2.50 bits per heavy atom. The fourth-order valence-corrected chi connectivity index (χ4v) is 2.38. The second-order valence-corrected chi connectivity index (χ2v) is 5.00. The summed E-state index contributed by atoms with van der Waals surface area (Å²) >= 11 is 0. The van der Waals surface area contributed by atoms with Gasteiger partial charge in [-0.15, -0.1) is 0 Å². The molecule has 20 heavy (non-hydrogen) atoms. The van der Waals surface area contributed by atoms with E-state index in [2.05, 4.69) is 24.9 Å². The Morgan fingerprint density at radius 1 is 1.00 bits per heavy atom. The van der Waals surface area contributed by atoms with E-state index in [9.17, 15) is 0 Å². The maximum absolute atomic E-state index is 6.19. The van der Waals surface area contributed by atoms with Crippen molar-refractivity contribution < 1.29 is 4.74 Å². The van der Waals surface area contributed by atoms with Gasteiger partial charge >= 0.3 is 0 Å². The lowest BCUT2D eigenvalue weighted by Crippen LogP contribution is -1.94. The number of rotatable bonds is 2. The van der Waals surface area contributed by atoms with Crippen LogP contribution in [0.5, 0.6) is 11.5 Å². The topological polar surface area (TPSA) is 48.1 Å². The van der Waals surface area contributed by atoms with Crippen LogP contribution in [0.1, 0.15) is 11.1 Å². The van der Waals surface area contributed by atoms with Crippen LogP contribution in [0.3, 0.4) is 0 Å². The highest BCUT2D eigenvalue weighted by Gasteiger charge is 2.07. The van der Waals surface area contributed by atoms with E-state index in [0.717, 1.165) is 16.5 Å². The fourth-order valence-electron chi connectivity index (χ4n) is 2.38. The molecule has 1 aromatic heterocycles. The summed E-state index contributed by atoms with van der Waals surface area (Å²) in [5.41, 5.74) is 9.17. The molecular weight excluding hydrogens is 248 g/mol. The van der Waals surface area contributed by atoms with Gasteiger partial charge in [0, 0.05) is 23.2 Å². The van der Waals surface area contributed by atoms with Crippen LogP contribution in [-0.2, 0) is 0 Å². The molecule has 0 amide bonds. The van der Waals surface area contributed by atoms with Crippen LogP contribution in [0, 0.1) is 13.8 Å². The lowest BCUT2D eigenvalue weighted by Gasteiger charge is -2.11. The van der Waals surface area contributed by atoms with Crippen molar-refractivity contribution in [3.63, 3.8) is 0 Å². The number of fused-ring (bicyclic) bond motifs is 1. The van der Waals surface area contributed by atoms with Crippen molar-refractivity contribution in [2.24, 2.45) is 0 Å². The zero-order chi connectivity index (χ0) is 14.1. The highest BCUT2D eigenvalue weighted by Crippen LogP contribution is 2.33. The predicted octanol–water partition coefficient (Wildman–Crippen LogP) is 4.23. The Labute approximate surface area is 118 Å². The third-order valence-electron chi connectivity index (χ3n) is 3.24. The highest BCUT2D eigenvalue weighted by molar-refractivity contribution is 5.95. The number of nitrogen functional groups attached to an aromatic ring is 1. The molecule has 3 rings (SSSR count). The smallest absolute Gasteiger partial charge is 0.150 e. The molecule has 0 aliphatic carbocycles. The van der Waals surface area contributed by atoms with E-state index < -0.39 is 0 Å². The van der Waals surface area contributed by atoms with Gasteiger partial charge in [0.05, 0.1) is 5.69 Å². The van der Waals surface area contributed by atoms with Crippen molar-refractivity contribution in [3.8, 4) is 11.5 Å². The summed E-state index contributed by atoms with van der Waals surface area (Å²) < 4.78 is 5.93. The first-order valence-corrected chi connectivity index (χ1v) is 6.52. The quantitative estimate of drug-likeness (QED) is 0.705. The average Bonchev–Trinajstić information content (AvgIpc) is 2.41. The summed E-state index contributed by atoms with van der Waals surface area (Å²) in [6.45, 7) is 4.10. The third-order valence-corrected chi connectivity index (χ3v) is 3.24. The van der Waals surface area contributed by atoms with Gasteiger partial charge in [-0.2, -0.15) is 0 Å². The molecular formula is C17H16N2O. The zero-order valence-electron chi connectivity index (χ0n) is 11.6. The van der Waals surface area contributed by atoms with Crippen molar-refractivity contribution in [1.29, 1.82) is 0 Å². The summed E-state index contributed by atoms with van der Waals surface area (Å²) in [7, 11) is 0. The minimum atomic E-state index is 0.643. The van der Waals surface area contributed by atoms with Crippen LogP contribution < -0.4 is 10.5 Å². The number of nitrogens with two attached hydrogens (primary N) is 1. The number of hydrogen-bond acceptors (Lipinski definition) is 3. The molecule has 0 radical (unpaired) electrons. The number of nitrogens with zero attached hydrogens (tertiary/aromatic N) is 1. The Balaban J connectivity index is 2.04. The normalized spacial score (nSPS) is 10.7. The van der Waals surface area contributed by atoms with Crippen molar-refractivity contribution in [2.45, 2.75) is 13.8 Å². The van der Waals surface area contributed by atoms with Gasteiger partial charge < -0.3 is 10.5 Å². The second-order valence-electron chi connectivity index (χ2n) is 5.00. The fraction of sp³-hybridized carbons (Fsp3) is 0.118. The van der Waals surface area contributed by atoms with Crippen molar-refractivity contribution >= 4 is 16.5 Å². The molecule has 0 fully saturated rings. The number of aryl methyl sites for hydroxylation is 2. The molecule has 3 nitrogen and oxygen atoms in total. The molecule has 0 unspecified atom stereocenters. The van der Waals surface area contributed by atoms with Gasteiger partial charge in [-0.3, -0.25) is 4.98 Å². The van der Waals surface area contributed by atoms with E-state index in [0.29, 0.717) is 11.4 Å². The molecule has 0 aliphatic heterocycles. The SMILES string of the molecule is Cc1cc(C)cc(Oc2ccc3cnccc3c2N)c1. The molecule has 3 heteroatoms. The minimum Gasteiger partial charge on any atom is -0.455 e. The molecule has 100 valence electrons. The van der Waals surface area contributed by atoms with E-state index in [1.165, 1.54) is 11.1 Å². The van der Waals surface area contributed by atoms with E-state index >= 15 is 0 Å². The molecule has 0 saturated carbocycles. The number of aromatic nitrogens is 1. The van der Waals surface area contributed by atoms with Gasteiger partial charge in [0.1, 0.15) is 5.75 Å². The molecule has 2 N–H and O–H groups in total. The maximum Gasteiger partial charge on any atom is 0.150 e. The molecule has 1 heterocycles. The van der Waals surface area contributed by atoms with E-state index in [1.807, 2.05) is 30.3 Å². The standard InChI is InChI=1S/C17H16N2O/c1-11-7-12(2)9-14(8-11)20-16-4-3-13-10-19-6-5-15(13)17(16)18/h3-10H,18H2,1-2H3. The lowest BCUT2D eigenvalue weighted by molar-refractivity contribution is 0.485. The summed E-state index contributed by atoms with van der Waals surface area (Å²) in [6, 6.07) is 11.9. The number of anilines is 1. The van der Waals surface area contributed by atoms with E-state index in [1.54, 1.807) is 12.4 Å². The number of benzene rings is 2. The molecule has 0 spiro atoms. The van der Waals surface area contributed by atoms with Crippen molar-refractivity contribution in [2.75, 3.05) is 5.73 Å². The number of hydrogen-bond donors (Lipinski definition) is 1. The first-order chi connectivity index (χ1) is 9.63. The molecule has 0 bridgehead atoms. The van der Waals surface area contributed by atoms with Crippen LogP contribution in [0.2, 0.25) is 0 Å². The van der Waals surface area contributed by atoms with Crippen LogP contribution in [0.4, 0.5) is 5.69 Å². The van der Waals surface area contributed by atoms with Gasteiger partial charge in [-0.25, -0.2) is 0 Å². The summed E-state index contributed by atoms with van der Waals surface area (Å²) in [5.74, 6) is 1.48. The first kappa shape index (κ1) is 12.5. The number of pyridine rings is 1. The van der Waals surface area contributed by atoms with Gasteiger partial charge in [0.15, 0.2) is 5.75 Å². The van der Waals surface area contributed by atoms with Crippen LogP contribution in [0.25, 0.3) is 10.8 Å². The van der Waals surface area contributed by atoms with E-state index in [4.69, 9.17) is 10.5 Å². The Hall–Kier alpha value is -2.55. The second kappa shape index (κ2) is 4.85. The minimum absolute atomic E-state index is 0.643. The maximum atomic E-state index is 6.19. The average molecular weight is 264 g/mol. The molecule has 2 aromatic carbocycles. The van der Waals surface area contributed by atoms with E-state index in [-0.39, 0.29) is 0 Å². The summed E-state index contributed by atoms with van der Waals surface area (Å²) in [6.07, 6.45) is 3.53. The molecule has 0 saturated heterocycles. The lowest BCUT2D eigenvalue weighted by atomic mass is 10.1. The van der Waals surface area contributed by atoms with Crippen LogP contribution in [-0.4, -0.2) is 4.98 Å². The van der Waals surface area contributed by atoms with Crippen LogP contribution >= 0.6 is 0 Å². The van der Waals surface area contributed by atoms with Gasteiger partial charge in [0.2, 0.25) is 0 Å². The largest absolute Gasteiger partial charge is 0.455 e. The van der Waals surface area contributed by atoms with Gasteiger partial charge in [-0.1, -0.05) is 6.07 Å². The predicted molar refractivity (Wildman–Crippen MR) is 82.1 cm³/mol. The summed E-state index contributed by atoms with van der Waals surface area (Å²) in [4.78, 5) is 4.09. The first-order valence-electron chi connectivity index (χ1n) is 6.52. The van der Waals surface area contributed by atoms with Crippen LogP contribution in [0.15, 0.2) is 48.8 Å². The third kappa shape index (κ3) is 2.30. The van der Waals surface area contributed by atoms with Gasteiger partial charge in [-0.05, 0) is 55.3 Å². The molecule has 0 atom stereocenters.